The molecule has 0 saturated carbocycles. The van der Waals surface area contributed by atoms with Crippen LogP contribution in [0, 0.1) is 12.7 Å². The summed E-state index contributed by atoms with van der Waals surface area (Å²) in [6.45, 7) is 12.6. The van der Waals surface area contributed by atoms with E-state index in [1.165, 1.54) is 5.69 Å². The molecule has 1 N–H and O–H groups in total. The molecule has 8 heteroatoms. The van der Waals surface area contributed by atoms with Gasteiger partial charge in [0.2, 0.25) is 0 Å². The first kappa shape index (κ1) is 23.2. The number of piperazine rings is 1. The van der Waals surface area contributed by atoms with Gasteiger partial charge in [-0.3, -0.25) is 0 Å². The summed E-state index contributed by atoms with van der Waals surface area (Å²) in [5, 5.41) is 3.34. The van der Waals surface area contributed by atoms with Crippen molar-refractivity contribution in [3.8, 4) is 11.4 Å². The predicted octanol–water partition coefficient (Wildman–Crippen LogP) is 4.71. The third-order valence-electron chi connectivity index (χ3n) is 6.78. The first-order chi connectivity index (χ1) is 17.1. The zero-order chi connectivity index (χ0) is 24.4. The molecule has 3 heterocycles. The van der Waals surface area contributed by atoms with Crippen molar-refractivity contribution in [1.82, 2.24) is 24.4 Å². The maximum absolute atomic E-state index is 14.4. The van der Waals surface area contributed by atoms with Gasteiger partial charge in [-0.25, -0.2) is 19.3 Å². The Morgan fingerprint density at radius 2 is 1.71 bits per heavy atom. The van der Waals surface area contributed by atoms with Gasteiger partial charge in [-0.15, -0.1) is 0 Å². The minimum absolute atomic E-state index is 0.220. The van der Waals surface area contributed by atoms with Crippen molar-refractivity contribution in [2.45, 2.75) is 33.9 Å². The average Bonchev–Trinajstić information content (AvgIpc) is 3.31. The van der Waals surface area contributed by atoms with Gasteiger partial charge < -0.3 is 19.7 Å². The Morgan fingerprint density at radius 3 is 2.40 bits per heavy atom. The minimum Gasteiger partial charge on any atom is -0.369 e. The zero-order valence-electron chi connectivity index (χ0n) is 20.6. The van der Waals surface area contributed by atoms with E-state index in [4.69, 9.17) is 9.97 Å². The van der Waals surface area contributed by atoms with Crippen LogP contribution in [0.5, 0.6) is 0 Å². The molecule has 2 aromatic heterocycles. The monoisotopic (exact) mass is 473 g/mol. The lowest BCUT2D eigenvalue weighted by atomic mass is 10.1. The number of nitrogens with zero attached hydrogens (tertiary/aromatic N) is 6. The fourth-order valence-electron chi connectivity index (χ4n) is 4.59. The highest BCUT2D eigenvalue weighted by Crippen LogP contribution is 2.27. The van der Waals surface area contributed by atoms with Crippen LogP contribution in [0.15, 0.2) is 48.8 Å². The van der Waals surface area contributed by atoms with Gasteiger partial charge >= 0.3 is 0 Å². The van der Waals surface area contributed by atoms with E-state index in [2.05, 4.69) is 58.2 Å². The van der Waals surface area contributed by atoms with E-state index in [0.29, 0.717) is 29.4 Å². The molecule has 1 aliphatic heterocycles. The molecule has 0 spiro atoms. The topological polar surface area (TPSA) is 62.1 Å². The molecule has 0 bridgehead atoms. The van der Waals surface area contributed by atoms with Gasteiger partial charge in [0.05, 0.1) is 6.33 Å². The Labute approximate surface area is 205 Å². The number of halogens is 1. The summed E-state index contributed by atoms with van der Waals surface area (Å²) >= 11 is 0. The van der Waals surface area contributed by atoms with Crippen LogP contribution >= 0.6 is 0 Å². The Kier molecular flexibility index (Phi) is 6.63. The average molecular weight is 474 g/mol. The summed E-state index contributed by atoms with van der Waals surface area (Å²) in [7, 11) is 0. The molecule has 0 atom stereocenters. The molecule has 0 radical (unpaired) electrons. The molecule has 0 unspecified atom stereocenters. The Morgan fingerprint density at radius 1 is 0.943 bits per heavy atom. The Hall–Kier alpha value is -3.52. The smallest absolute Gasteiger partial charge is 0.183 e. The van der Waals surface area contributed by atoms with Crippen molar-refractivity contribution < 1.29 is 4.39 Å². The van der Waals surface area contributed by atoms with Crippen molar-refractivity contribution in [2.75, 3.05) is 42.9 Å². The number of aromatic nitrogens is 4. The largest absolute Gasteiger partial charge is 0.369 e. The fraction of sp³-hybridized carbons (Fsp3) is 0.370. The molecule has 5 rings (SSSR count). The molecule has 4 aromatic rings. The van der Waals surface area contributed by atoms with Crippen LogP contribution in [-0.2, 0) is 13.1 Å². The number of rotatable bonds is 7. The van der Waals surface area contributed by atoms with Gasteiger partial charge in [0, 0.05) is 56.1 Å². The van der Waals surface area contributed by atoms with Crippen LogP contribution in [0.3, 0.4) is 0 Å². The van der Waals surface area contributed by atoms with Crippen molar-refractivity contribution in [1.29, 1.82) is 0 Å². The number of anilines is 2. The first-order valence-corrected chi connectivity index (χ1v) is 12.3. The van der Waals surface area contributed by atoms with E-state index in [9.17, 15) is 4.39 Å². The van der Waals surface area contributed by atoms with Crippen LogP contribution in [0.4, 0.5) is 15.9 Å². The van der Waals surface area contributed by atoms with Gasteiger partial charge in [0.15, 0.2) is 17.3 Å². The van der Waals surface area contributed by atoms with Crippen LogP contribution in [0.2, 0.25) is 0 Å². The van der Waals surface area contributed by atoms with Gasteiger partial charge in [0.25, 0.3) is 0 Å². The third kappa shape index (κ3) is 4.84. The highest BCUT2D eigenvalue weighted by Gasteiger charge is 2.18. The molecule has 0 amide bonds. The molecular weight excluding hydrogens is 441 g/mol. The quantitative estimate of drug-likeness (QED) is 0.419. The molecule has 35 heavy (non-hydrogen) atoms. The lowest BCUT2D eigenvalue weighted by Crippen LogP contribution is -2.46. The SMILES string of the molecule is CCN1CCN(c2ccc(-c3nc(NCc4ccc(C)cc4F)c4c(ncn4CC)n3)cc2)CC1. The van der Waals surface area contributed by atoms with Crippen molar-refractivity contribution >= 4 is 22.7 Å². The number of aryl methyl sites for hydroxylation is 2. The van der Waals surface area contributed by atoms with Crippen molar-refractivity contribution in [3.63, 3.8) is 0 Å². The molecule has 182 valence electrons. The minimum atomic E-state index is -0.220. The second-order valence-electron chi connectivity index (χ2n) is 9.02. The number of hydrogen-bond acceptors (Lipinski definition) is 6. The van der Waals surface area contributed by atoms with E-state index in [-0.39, 0.29) is 5.82 Å². The summed E-state index contributed by atoms with van der Waals surface area (Å²) < 4.78 is 16.4. The molecule has 1 fully saturated rings. The second kappa shape index (κ2) is 10.00. The second-order valence-corrected chi connectivity index (χ2v) is 9.02. The summed E-state index contributed by atoms with van der Waals surface area (Å²) in [5.41, 5.74) is 5.10. The van der Waals surface area contributed by atoms with Crippen LogP contribution in [-0.4, -0.2) is 57.1 Å². The van der Waals surface area contributed by atoms with E-state index >= 15 is 0 Å². The van der Waals surface area contributed by atoms with Crippen LogP contribution in [0.1, 0.15) is 25.0 Å². The maximum Gasteiger partial charge on any atom is 0.183 e. The van der Waals surface area contributed by atoms with Gasteiger partial charge in [-0.2, -0.15) is 0 Å². The van der Waals surface area contributed by atoms with Gasteiger partial charge in [-0.05, 0) is 56.3 Å². The van der Waals surface area contributed by atoms with Crippen LogP contribution in [0.25, 0.3) is 22.6 Å². The van der Waals surface area contributed by atoms with Crippen molar-refractivity contribution in [3.05, 3.63) is 65.7 Å². The summed E-state index contributed by atoms with van der Waals surface area (Å²) in [4.78, 5) is 19.0. The highest BCUT2D eigenvalue weighted by molar-refractivity contribution is 5.85. The van der Waals surface area contributed by atoms with Gasteiger partial charge in [-0.1, -0.05) is 19.1 Å². The maximum atomic E-state index is 14.4. The highest BCUT2D eigenvalue weighted by atomic mass is 19.1. The number of imidazole rings is 1. The van der Waals surface area contributed by atoms with E-state index in [1.54, 1.807) is 12.4 Å². The lowest BCUT2D eigenvalue weighted by Gasteiger charge is -2.35. The van der Waals surface area contributed by atoms with E-state index in [1.807, 2.05) is 23.6 Å². The molecular formula is C27H32FN7. The molecule has 7 nitrogen and oxygen atoms in total. The number of likely N-dealkylation sites (N-methyl/N-ethyl adjacent to an activating group) is 1. The standard InChI is InChI=1S/C27H32FN7/c1-4-33-12-14-35(15-13-33)22-10-8-20(9-11-22)25-31-26(24-27(32-25)30-18-34(24)5-2)29-17-21-7-6-19(3)16-23(21)28/h6-11,16,18H,4-5,12-15,17H2,1-3H3,(H,29,31,32). The summed E-state index contributed by atoms with van der Waals surface area (Å²) in [6.07, 6.45) is 1.78. The normalized spacial score (nSPS) is 14.6. The first-order valence-electron chi connectivity index (χ1n) is 12.3. The van der Waals surface area contributed by atoms with Crippen molar-refractivity contribution in [2.24, 2.45) is 0 Å². The molecule has 2 aromatic carbocycles. The third-order valence-corrected chi connectivity index (χ3v) is 6.78. The van der Waals surface area contributed by atoms with E-state index in [0.717, 1.165) is 55.9 Å². The van der Waals surface area contributed by atoms with Crippen LogP contribution < -0.4 is 10.2 Å². The Bertz CT molecular complexity index is 1310. The number of nitrogens with one attached hydrogen (secondary N) is 1. The number of benzene rings is 2. The fourth-order valence-corrected chi connectivity index (χ4v) is 4.59. The molecule has 1 saturated heterocycles. The Balaban J connectivity index is 1.42. The molecule has 0 aliphatic carbocycles. The number of hydrogen-bond donors (Lipinski definition) is 1. The summed E-state index contributed by atoms with van der Waals surface area (Å²) in [5.74, 6) is 1.04. The summed E-state index contributed by atoms with van der Waals surface area (Å²) in [6, 6.07) is 13.7. The zero-order valence-corrected chi connectivity index (χ0v) is 20.6. The van der Waals surface area contributed by atoms with E-state index < -0.39 is 0 Å². The van der Waals surface area contributed by atoms with Gasteiger partial charge in [0.1, 0.15) is 11.3 Å². The predicted molar refractivity (Wildman–Crippen MR) is 139 cm³/mol. The lowest BCUT2D eigenvalue weighted by molar-refractivity contribution is 0.271. The molecule has 1 aliphatic rings. The number of fused-ring (bicyclic) bond motifs is 1.